The van der Waals surface area contributed by atoms with Gasteiger partial charge in [-0.3, -0.25) is 9.59 Å². The molecule has 0 fully saturated rings. The van der Waals surface area contributed by atoms with Crippen LogP contribution >= 0.6 is 0 Å². The second-order valence-corrected chi connectivity index (χ2v) is 9.49. The molecule has 1 heterocycles. The Labute approximate surface area is 187 Å². The number of ether oxygens (including phenoxy) is 1. The largest absolute Gasteiger partial charge is 0.385 e. The van der Waals surface area contributed by atoms with Crippen molar-refractivity contribution in [2.24, 2.45) is 0 Å². The smallest absolute Gasteiger partial charge is 0.252 e. The molecule has 2 N–H and O–H groups in total. The third kappa shape index (κ3) is 5.42. The molecule has 0 spiro atoms. The lowest BCUT2D eigenvalue weighted by molar-refractivity contribution is -0.114. The number of aryl methyl sites for hydroxylation is 1. The summed E-state index contributed by atoms with van der Waals surface area (Å²) in [5.74, 6) is -0.243. The van der Waals surface area contributed by atoms with E-state index in [2.05, 4.69) is 10.3 Å². The van der Waals surface area contributed by atoms with Gasteiger partial charge >= 0.3 is 0 Å². The predicted octanol–water partition coefficient (Wildman–Crippen LogP) is 3.02. The summed E-state index contributed by atoms with van der Waals surface area (Å²) in [7, 11) is -2.34. The van der Waals surface area contributed by atoms with Crippen LogP contribution in [-0.4, -0.2) is 43.9 Å². The number of pyridine rings is 1. The van der Waals surface area contributed by atoms with Crippen LogP contribution in [0.3, 0.4) is 0 Å². The van der Waals surface area contributed by atoms with Gasteiger partial charge in [0.1, 0.15) is 0 Å². The number of carbonyl (C=O) groups excluding carboxylic acids is 1. The minimum absolute atomic E-state index is 0.0707. The average Bonchev–Trinajstić information content (AvgIpc) is 2.74. The van der Waals surface area contributed by atoms with Gasteiger partial charge in [-0.2, -0.15) is 4.31 Å². The van der Waals surface area contributed by atoms with Crippen molar-refractivity contribution in [1.82, 2.24) is 9.29 Å². The number of H-pyrrole nitrogens is 1. The van der Waals surface area contributed by atoms with Crippen molar-refractivity contribution in [3.8, 4) is 0 Å². The summed E-state index contributed by atoms with van der Waals surface area (Å²) < 4.78 is 33.1. The highest BCUT2D eigenvalue weighted by atomic mass is 32.2. The van der Waals surface area contributed by atoms with Crippen LogP contribution in [0, 0.1) is 6.92 Å². The summed E-state index contributed by atoms with van der Waals surface area (Å²) in [6.07, 6.45) is 0.476. The van der Waals surface area contributed by atoms with Gasteiger partial charge in [0.2, 0.25) is 15.9 Å². The van der Waals surface area contributed by atoms with Crippen molar-refractivity contribution in [3.05, 3.63) is 70.0 Å². The zero-order chi connectivity index (χ0) is 23.3. The van der Waals surface area contributed by atoms with E-state index in [0.29, 0.717) is 24.3 Å². The number of para-hydroxylation sites is 1. The molecule has 0 atom stereocenters. The molecule has 0 aliphatic rings. The highest BCUT2D eigenvalue weighted by Gasteiger charge is 2.25. The molecule has 0 radical (unpaired) electrons. The maximum absolute atomic E-state index is 13.4. The van der Waals surface area contributed by atoms with Gasteiger partial charge in [-0.1, -0.05) is 18.2 Å². The van der Waals surface area contributed by atoms with E-state index in [4.69, 9.17) is 4.74 Å². The van der Waals surface area contributed by atoms with Crippen molar-refractivity contribution in [3.63, 3.8) is 0 Å². The Kier molecular flexibility index (Phi) is 7.44. The van der Waals surface area contributed by atoms with E-state index in [-0.39, 0.29) is 29.5 Å². The Morgan fingerprint density at radius 1 is 1.16 bits per heavy atom. The van der Waals surface area contributed by atoms with Crippen LogP contribution in [0.25, 0.3) is 10.9 Å². The third-order valence-corrected chi connectivity index (χ3v) is 6.94. The molecule has 1 amide bonds. The number of nitrogens with one attached hydrogen (secondary N) is 2. The van der Waals surface area contributed by atoms with Gasteiger partial charge in [0, 0.05) is 45.0 Å². The van der Waals surface area contributed by atoms with E-state index in [0.717, 1.165) is 16.5 Å². The fourth-order valence-corrected chi connectivity index (χ4v) is 4.92. The highest BCUT2D eigenvalue weighted by molar-refractivity contribution is 7.89. The van der Waals surface area contributed by atoms with Crippen LogP contribution in [0.5, 0.6) is 0 Å². The second kappa shape index (κ2) is 10.1. The number of methoxy groups -OCH3 is 1. The summed E-state index contributed by atoms with van der Waals surface area (Å²) in [6, 6.07) is 13.4. The van der Waals surface area contributed by atoms with E-state index < -0.39 is 10.0 Å². The third-order valence-electron chi connectivity index (χ3n) is 5.08. The topological polar surface area (TPSA) is 109 Å². The van der Waals surface area contributed by atoms with Crippen molar-refractivity contribution < 1.29 is 17.9 Å². The molecule has 170 valence electrons. The van der Waals surface area contributed by atoms with E-state index >= 15 is 0 Å². The number of carbonyl (C=O) groups is 1. The van der Waals surface area contributed by atoms with Crippen LogP contribution in [0.1, 0.15) is 24.5 Å². The minimum atomic E-state index is -3.89. The number of rotatable bonds is 9. The van der Waals surface area contributed by atoms with Gasteiger partial charge in [0.05, 0.1) is 10.4 Å². The molecule has 0 bridgehead atoms. The maximum atomic E-state index is 13.4. The van der Waals surface area contributed by atoms with Crippen molar-refractivity contribution >= 4 is 32.5 Å². The molecule has 0 aliphatic carbocycles. The lowest BCUT2D eigenvalue weighted by atomic mass is 10.1. The Bertz CT molecular complexity index is 1270. The minimum Gasteiger partial charge on any atom is -0.385 e. The number of sulfonamides is 1. The standard InChI is InChI=1S/C23H27N3O5S/c1-16-6-4-7-18-14-19(23(28)25-22(16)18)15-26(12-5-13-31-3)32(29,30)21-10-8-20(9-11-21)24-17(2)27/h4,6-11,14H,5,12-13,15H2,1-3H3,(H,24,27)(H,25,28). The summed E-state index contributed by atoms with van der Waals surface area (Å²) in [5.41, 5.74) is 2.22. The summed E-state index contributed by atoms with van der Waals surface area (Å²) in [6.45, 7) is 3.79. The second-order valence-electron chi connectivity index (χ2n) is 7.55. The quantitative estimate of drug-likeness (QED) is 0.480. The van der Waals surface area contributed by atoms with Crippen LogP contribution in [0.4, 0.5) is 5.69 Å². The van der Waals surface area contributed by atoms with Crippen molar-refractivity contribution in [2.45, 2.75) is 31.7 Å². The number of nitrogens with zero attached hydrogens (tertiary/aromatic N) is 1. The molecule has 32 heavy (non-hydrogen) atoms. The van der Waals surface area contributed by atoms with Gasteiger partial charge in [-0.25, -0.2) is 8.42 Å². The summed E-state index contributed by atoms with van der Waals surface area (Å²) >= 11 is 0. The van der Waals surface area contributed by atoms with E-state index in [1.165, 1.54) is 35.5 Å². The van der Waals surface area contributed by atoms with Crippen molar-refractivity contribution in [2.75, 3.05) is 25.6 Å². The molecule has 1 aromatic heterocycles. The molecule has 2 aromatic carbocycles. The molecule has 0 saturated carbocycles. The summed E-state index contributed by atoms with van der Waals surface area (Å²) in [4.78, 5) is 26.9. The van der Waals surface area contributed by atoms with Crippen molar-refractivity contribution in [1.29, 1.82) is 0 Å². The number of anilines is 1. The number of hydrogen-bond acceptors (Lipinski definition) is 5. The fraction of sp³-hybridized carbons (Fsp3) is 0.304. The number of aromatic nitrogens is 1. The van der Waals surface area contributed by atoms with Crippen LogP contribution in [0.2, 0.25) is 0 Å². The monoisotopic (exact) mass is 457 g/mol. The van der Waals surface area contributed by atoms with E-state index in [1.807, 2.05) is 25.1 Å². The molecular formula is C23H27N3O5S. The van der Waals surface area contributed by atoms with Crippen LogP contribution in [0.15, 0.2) is 58.2 Å². The highest BCUT2D eigenvalue weighted by Crippen LogP contribution is 2.22. The molecular weight excluding hydrogens is 430 g/mol. The molecule has 0 aliphatic heterocycles. The van der Waals surface area contributed by atoms with Gasteiger partial charge in [0.15, 0.2) is 0 Å². The molecule has 8 nitrogen and oxygen atoms in total. The first-order chi connectivity index (χ1) is 15.2. The Morgan fingerprint density at radius 2 is 1.88 bits per heavy atom. The maximum Gasteiger partial charge on any atom is 0.252 e. The van der Waals surface area contributed by atoms with Gasteiger partial charge < -0.3 is 15.0 Å². The molecule has 9 heteroatoms. The number of benzene rings is 2. The van der Waals surface area contributed by atoms with Crippen LogP contribution < -0.4 is 10.9 Å². The predicted molar refractivity (Wildman–Crippen MR) is 124 cm³/mol. The number of aromatic amines is 1. The number of hydrogen-bond donors (Lipinski definition) is 2. The van der Waals surface area contributed by atoms with Crippen LogP contribution in [-0.2, 0) is 26.1 Å². The zero-order valence-corrected chi connectivity index (χ0v) is 19.2. The first kappa shape index (κ1) is 23.6. The summed E-state index contributed by atoms with van der Waals surface area (Å²) in [5, 5.41) is 3.46. The normalized spacial score (nSPS) is 11.8. The first-order valence-electron chi connectivity index (χ1n) is 10.2. The van der Waals surface area contributed by atoms with Gasteiger partial charge in [-0.05, 0) is 54.6 Å². The Morgan fingerprint density at radius 3 is 2.53 bits per heavy atom. The number of fused-ring (bicyclic) bond motifs is 1. The average molecular weight is 458 g/mol. The molecule has 3 aromatic rings. The van der Waals surface area contributed by atoms with Gasteiger partial charge in [0.25, 0.3) is 5.56 Å². The first-order valence-corrected chi connectivity index (χ1v) is 11.6. The Balaban J connectivity index is 1.95. The van der Waals surface area contributed by atoms with Gasteiger partial charge in [-0.15, -0.1) is 0 Å². The molecule has 3 rings (SSSR count). The number of amides is 1. The molecule has 0 unspecified atom stereocenters. The zero-order valence-electron chi connectivity index (χ0n) is 18.3. The Hall–Kier alpha value is -3.01. The lowest BCUT2D eigenvalue weighted by Gasteiger charge is -2.22. The molecule has 0 saturated heterocycles. The fourth-order valence-electron chi connectivity index (χ4n) is 3.47. The lowest BCUT2D eigenvalue weighted by Crippen LogP contribution is -2.34. The SMILES string of the molecule is COCCCN(Cc1cc2cccc(C)c2[nH]c1=O)S(=O)(=O)c1ccc(NC(C)=O)cc1. The van der Waals surface area contributed by atoms with E-state index in [1.54, 1.807) is 13.2 Å². The van der Waals surface area contributed by atoms with E-state index in [9.17, 15) is 18.0 Å².